The Morgan fingerprint density at radius 1 is 1.59 bits per heavy atom. The summed E-state index contributed by atoms with van der Waals surface area (Å²) in [6.45, 7) is 4.20. The van der Waals surface area contributed by atoms with E-state index in [-0.39, 0.29) is 10.8 Å². The molecule has 0 aliphatic heterocycles. The van der Waals surface area contributed by atoms with Crippen molar-refractivity contribution < 1.29 is 19.4 Å². The Kier molecular flexibility index (Phi) is 4.96. The van der Waals surface area contributed by atoms with Gasteiger partial charge in [0.15, 0.2) is 6.10 Å². The molecule has 0 aromatic carbocycles. The molecule has 6 heteroatoms. The lowest BCUT2D eigenvalue weighted by atomic mass is 10.3. The molecule has 1 unspecified atom stereocenters. The topological polar surface area (TPSA) is 75.6 Å². The second-order valence-electron chi connectivity index (χ2n) is 3.50. The molecule has 94 valence electrons. The van der Waals surface area contributed by atoms with Crippen LogP contribution < -0.4 is 10.1 Å². The Hall–Kier alpha value is -1.56. The molecule has 1 amide bonds. The first kappa shape index (κ1) is 13.5. The molecule has 1 aromatic heterocycles. The molecule has 0 aliphatic rings. The van der Waals surface area contributed by atoms with Crippen molar-refractivity contribution in [2.75, 3.05) is 6.54 Å². The molecule has 1 aromatic rings. The van der Waals surface area contributed by atoms with Crippen LogP contribution >= 0.6 is 11.3 Å². The van der Waals surface area contributed by atoms with E-state index < -0.39 is 12.1 Å². The van der Waals surface area contributed by atoms with Crippen molar-refractivity contribution in [2.24, 2.45) is 0 Å². The molecule has 17 heavy (non-hydrogen) atoms. The molecule has 2 N–H and O–H groups in total. The largest absolute Gasteiger partial charge is 0.480 e. The standard InChI is InChI=1S/C11H15NO4S/c1-3-4-12-10(13)7(2)16-8-5-9(11(14)15)17-6-8/h5-7H,3-4H2,1-2H3,(H,12,13)(H,14,15). The van der Waals surface area contributed by atoms with Gasteiger partial charge in [-0.3, -0.25) is 4.79 Å². The Morgan fingerprint density at radius 2 is 2.29 bits per heavy atom. The van der Waals surface area contributed by atoms with Gasteiger partial charge in [0.2, 0.25) is 0 Å². The second-order valence-corrected chi connectivity index (χ2v) is 4.41. The van der Waals surface area contributed by atoms with Crippen LogP contribution in [0.4, 0.5) is 0 Å². The SMILES string of the molecule is CCCNC(=O)C(C)Oc1csc(C(=O)O)c1. The van der Waals surface area contributed by atoms with E-state index in [1.807, 2.05) is 6.92 Å². The number of ether oxygens (including phenoxy) is 1. The summed E-state index contributed by atoms with van der Waals surface area (Å²) in [5, 5.41) is 13.0. The van der Waals surface area contributed by atoms with Crippen molar-refractivity contribution in [1.82, 2.24) is 5.32 Å². The van der Waals surface area contributed by atoms with Crippen molar-refractivity contribution in [3.63, 3.8) is 0 Å². The molecule has 0 bridgehead atoms. The zero-order valence-corrected chi connectivity index (χ0v) is 10.5. The Labute approximate surface area is 103 Å². The molecular weight excluding hydrogens is 242 g/mol. The number of hydrogen-bond donors (Lipinski definition) is 2. The number of carboxylic acids is 1. The lowest BCUT2D eigenvalue weighted by Crippen LogP contribution is -2.36. The van der Waals surface area contributed by atoms with Gasteiger partial charge in [0.25, 0.3) is 5.91 Å². The minimum atomic E-state index is -0.993. The highest BCUT2D eigenvalue weighted by atomic mass is 32.1. The van der Waals surface area contributed by atoms with Crippen molar-refractivity contribution in [1.29, 1.82) is 0 Å². The van der Waals surface area contributed by atoms with E-state index in [1.54, 1.807) is 12.3 Å². The Morgan fingerprint density at radius 3 is 2.82 bits per heavy atom. The predicted molar refractivity (Wildman–Crippen MR) is 64.7 cm³/mol. The minimum Gasteiger partial charge on any atom is -0.480 e. The zero-order chi connectivity index (χ0) is 12.8. The van der Waals surface area contributed by atoms with Crippen LogP contribution in [-0.2, 0) is 4.79 Å². The molecule has 0 saturated carbocycles. The van der Waals surface area contributed by atoms with Gasteiger partial charge >= 0.3 is 5.97 Å². The number of amides is 1. The maximum Gasteiger partial charge on any atom is 0.346 e. The highest BCUT2D eigenvalue weighted by Crippen LogP contribution is 2.22. The lowest BCUT2D eigenvalue weighted by Gasteiger charge is -2.12. The van der Waals surface area contributed by atoms with Gasteiger partial charge in [-0.15, -0.1) is 11.3 Å². The van der Waals surface area contributed by atoms with Gasteiger partial charge in [-0.05, 0) is 13.3 Å². The third kappa shape index (κ3) is 4.07. The summed E-state index contributed by atoms with van der Waals surface area (Å²) in [5.74, 6) is -0.783. The third-order valence-electron chi connectivity index (χ3n) is 2.02. The average molecular weight is 257 g/mol. The van der Waals surface area contributed by atoms with Crippen molar-refractivity contribution >= 4 is 23.2 Å². The highest BCUT2D eigenvalue weighted by Gasteiger charge is 2.15. The maximum atomic E-state index is 11.5. The van der Waals surface area contributed by atoms with Gasteiger partial charge in [0.05, 0.1) is 0 Å². The van der Waals surface area contributed by atoms with Crippen molar-refractivity contribution in [3.05, 3.63) is 16.3 Å². The molecule has 1 atom stereocenters. The molecule has 0 saturated heterocycles. The Balaban J connectivity index is 2.52. The number of aromatic carboxylic acids is 1. The van der Waals surface area contributed by atoms with Gasteiger partial charge in [-0.25, -0.2) is 4.79 Å². The summed E-state index contributed by atoms with van der Waals surface area (Å²) in [4.78, 5) is 22.3. The number of rotatable bonds is 6. The van der Waals surface area contributed by atoms with Crippen LogP contribution in [0, 0.1) is 0 Å². The minimum absolute atomic E-state index is 0.196. The molecular formula is C11H15NO4S. The average Bonchev–Trinajstić information content (AvgIpc) is 2.74. The fourth-order valence-electron chi connectivity index (χ4n) is 1.14. The fourth-order valence-corrected chi connectivity index (χ4v) is 1.79. The van der Waals surface area contributed by atoms with Gasteiger partial charge in [0.1, 0.15) is 10.6 Å². The van der Waals surface area contributed by atoms with Crippen LogP contribution in [0.25, 0.3) is 0 Å². The molecule has 0 aliphatic carbocycles. The smallest absolute Gasteiger partial charge is 0.346 e. The number of carbonyl (C=O) groups is 2. The van der Waals surface area contributed by atoms with Crippen LogP contribution in [0.2, 0.25) is 0 Å². The molecule has 1 heterocycles. The monoisotopic (exact) mass is 257 g/mol. The number of thiophene rings is 1. The molecule has 1 rings (SSSR count). The first-order valence-electron chi connectivity index (χ1n) is 5.30. The summed E-state index contributed by atoms with van der Waals surface area (Å²) in [6.07, 6.45) is 0.234. The van der Waals surface area contributed by atoms with E-state index in [0.717, 1.165) is 17.8 Å². The molecule has 0 fully saturated rings. The number of nitrogens with one attached hydrogen (secondary N) is 1. The van der Waals surface area contributed by atoms with Gasteiger partial charge in [-0.1, -0.05) is 6.92 Å². The molecule has 0 radical (unpaired) electrons. The van der Waals surface area contributed by atoms with Gasteiger partial charge in [-0.2, -0.15) is 0 Å². The summed E-state index contributed by atoms with van der Waals surface area (Å²) >= 11 is 1.07. The van der Waals surface area contributed by atoms with E-state index in [2.05, 4.69) is 5.32 Å². The van der Waals surface area contributed by atoms with Crippen LogP contribution in [-0.4, -0.2) is 29.6 Å². The number of carbonyl (C=O) groups excluding carboxylic acids is 1. The number of hydrogen-bond acceptors (Lipinski definition) is 4. The summed E-state index contributed by atoms with van der Waals surface area (Å²) in [6, 6.07) is 1.41. The summed E-state index contributed by atoms with van der Waals surface area (Å²) in [7, 11) is 0. The van der Waals surface area contributed by atoms with Crippen LogP contribution in [0.1, 0.15) is 29.9 Å². The van der Waals surface area contributed by atoms with Crippen molar-refractivity contribution in [3.8, 4) is 5.75 Å². The summed E-state index contributed by atoms with van der Waals surface area (Å²) < 4.78 is 5.34. The normalized spacial score (nSPS) is 11.9. The summed E-state index contributed by atoms with van der Waals surface area (Å²) in [5.41, 5.74) is 0. The first-order valence-corrected chi connectivity index (χ1v) is 6.18. The third-order valence-corrected chi connectivity index (χ3v) is 2.91. The van der Waals surface area contributed by atoms with Crippen LogP contribution in [0.15, 0.2) is 11.4 Å². The molecule has 0 spiro atoms. The van der Waals surface area contributed by atoms with E-state index in [1.165, 1.54) is 6.07 Å². The fraction of sp³-hybridized carbons (Fsp3) is 0.455. The second kappa shape index (κ2) is 6.24. The molecule has 5 nitrogen and oxygen atoms in total. The maximum absolute atomic E-state index is 11.5. The lowest BCUT2D eigenvalue weighted by molar-refractivity contribution is -0.127. The van der Waals surface area contributed by atoms with Gasteiger partial charge < -0.3 is 15.2 Å². The van der Waals surface area contributed by atoms with Crippen LogP contribution in [0.3, 0.4) is 0 Å². The van der Waals surface area contributed by atoms with Crippen LogP contribution in [0.5, 0.6) is 5.75 Å². The highest BCUT2D eigenvalue weighted by molar-refractivity contribution is 7.12. The number of carboxylic acid groups (broad SMARTS) is 1. The quantitative estimate of drug-likeness (QED) is 0.814. The van der Waals surface area contributed by atoms with Crippen molar-refractivity contribution in [2.45, 2.75) is 26.4 Å². The predicted octanol–water partition coefficient (Wildman–Crippen LogP) is 1.74. The van der Waals surface area contributed by atoms with Gasteiger partial charge in [0, 0.05) is 18.0 Å². The zero-order valence-electron chi connectivity index (χ0n) is 9.73. The van der Waals surface area contributed by atoms with E-state index in [4.69, 9.17) is 9.84 Å². The Bertz CT molecular complexity index is 402. The van der Waals surface area contributed by atoms with E-state index in [0.29, 0.717) is 12.3 Å². The first-order chi connectivity index (χ1) is 8.04. The van der Waals surface area contributed by atoms with E-state index >= 15 is 0 Å². The van der Waals surface area contributed by atoms with E-state index in [9.17, 15) is 9.59 Å².